The monoisotopic (exact) mass is 316 g/mol. The van der Waals surface area contributed by atoms with Crippen molar-refractivity contribution in [1.82, 2.24) is 9.80 Å². The number of hydrogen-bond donors (Lipinski definition) is 0. The summed E-state index contributed by atoms with van der Waals surface area (Å²) < 4.78 is 5.68. The van der Waals surface area contributed by atoms with Crippen LogP contribution in [0.5, 0.6) is 0 Å². The zero-order chi connectivity index (χ0) is 16.4. The van der Waals surface area contributed by atoms with Crippen LogP contribution in [0.15, 0.2) is 24.3 Å². The van der Waals surface area contributed by atoms with E-state index in [1.54, 1.807) is 4.90 Å². The van der Waals surface area contributed by atoms with Gasteiger partial charge in [-0.1, -0.05) is 38.1 Å². The van der Waals surface area contributed by atoms with Crippen molar-refractivity contribution < 1.29 is 9.53 Å². The molecule has 0 unspecified atom stereocenters. The summed E-state index contributed by atoms with van der Waals surface area (Å²) in [6, 6.07) is 8.98. The highest BCUT2D eigenvalue weighted by atomic mass is 16.6. The highest BCUT2D eigenvalue weighted by Crippen LogP contribution is 2.32. The molecule has 1 aromatic rings. The standard InChI is InChI=1S/C19H28N2O2/c1-15(2)17-7-5-16(6-8-17)13-21-11-4-9-19(10-12-21)14-20(3)18(22)23-19/h5-8,15H,4,9-14H2,1-3H3/t19-/m1/s1. The third kappa shape index (κ3) is 3.69. The first kappa shape index (κ1) is 16.3. The van der Waals surface area contributed by atoms with E-state index in [9.17, 15) is 4.79 Å². The fourth-order valence-corrected chi connectivity index (χ4v) is 3.70. The van der Waals surface area contributed by atoms with Crippen molar-refractivity contribution in [1.29, 1.82) is 0 Å². The van der Waals surface area contributed by atoms with Crippen molar-refractivity contribution in [2.75, 3.05) is 26.7 Å². The molecular weight excluding hydrogens is 288 g/mol. The van der Waals surface area contributed by atoms with Crippen LogP contribution in [0.4, 0.5) is 4.79 Å². The Labute approximate surface area is 139 Å². The molecule has 23 heavy (non-hydrogen) atoms. The van der Waals surface area contributed by atoms with Crippen molar-refractivity contribution in [3.05, 3.63) is 35.4 Å². The lowest BCUT2D eigenvalue weighted by Gasteiger charge is -2.25. The topological polar surface area (TPSA) is 32.8 Å². The van der Waals surface area contributed by atoms with E-state index < -0.39 is 0 Å². The van der Waals surface area contributed by atoms with E-state index >= 15 is 0 Å². The van der Waals surface area contributed by atoms with E-state index in [0.717, 1.165) is 45.4 Å². The Morgan fingerprint density at radius 3 is 2.52 bits per heavy atom. The lowest BCUT2D eigenvalue weighted by molar-refractivity contribution is 0.0443. The fourth-order valence-electron chi connectivity index (χ4n) is 3.70. The molecule has 0 bridgehead atoms. The Balaban J connectivity index is 1.59. The first-order valence-electron chi connectivity index (χ1n) is 8.73. The van der Waals surface area contributed by atoms with Crippen LogP contribution in [0.3, 0.4) is 0 Å². The van der Waals surface area contributed by atoms with E-state index in [-0.39, 0.29) is 11.7 Å². The molecule has 1 spiro atoms. The number of carbonyl (C=O) groups excluding carboxylic acids is 1. The molecule has 2 aliphatic rings. The average Bonchev–Trinajstić information content (AvgIpc) is 2.68. The SMILES string of the molecule is CC(C)c1ccc(CN2CCC[C@@]3(CC2)CN(C)C(=O)O3)cc1. The number of benzene rings is 1. The van der Waals surface area contributed by atoms with Crippen LogP contribution in [-0.2, 0) is 11.3 Å². The largest absolute Gasteiger partial charge is 0.441 e. The Kier molecular flexibility index (Phi) is 4.62. The summed E-state index contributed by atoms with van der Waals surface area (Å²) in [7, 11) is 1.83. The van der Waals surface area contributed by atoms with E-state index in [4.69, 9.17) is 4.74 Å². The maximum absolute atomic E-state index is 11.7. The van der Waals surface area contributed by atoms with E-state index in [1.807, 2.05) is 7.05 Å². The molecule has 0 radical (unpaired) electrons. The summed E-state index contributed by atoms with van der Waals surface area (Å²) in [6.45, 7) is 8.25. The Bertz CT molecular complexity index is 555. The predicted molar refractivity (Wildman–Crippen MR) is 91.5 cm³/mol. The summed E-state index contributed by atoms with van der Waals surface area (Å²) in [5.74, 6) is 0.580. The first-order valence-corrected chi connectivity index (χ1v) is 8.73. The number of ether oxygens (including phenoxy) is 1. The molecule has 1 aromatic carbocycles. The van der Waals surface area contributed by atoms with Gasteiger partial charge in [0, 0.05) is 26.6 Å². The Morgan fingerprint density at radius 2 is 1.91 bits per heavy atom. The molecule has 2 aliphatic heterocycles. The third-order valence-corrected chi connectivity index (χ3v) is 5.18. The average molecular weight is 316 g/mol. The zero-order valence-corrected chi connectivity index (χ0v) is 14.5. The smallest absolute Gasteiger partial charge is 0.410 e. The van der Waals surface area contributed by atoms with Crippen LogP contribution in [0.2, 0.25) is 0 Å². The summed E-state index contributed by atoms with van der Waals surface area (Å²) in [4.78, 5) is 15.9. The van der Waals surface area contributed by atoms with Gasteiger partial charge in [0.05, 0.1) is 6.54 Å². The number of rotatable bonds is 3. The Morgan fingerprint density at radius 1 is 1.17 bits per heavy atom. The molecule has 0 aliphatic carbocycles. The van der Waals surface area contributed by atoms with Crippen molar-refractivity contribution in [2.45, 2.75) is 51.2 Å². The Hall–Kier alpha value is -1.55. The van der Waals surface area contributed by atoms with Gasteiger partial charge in [-0.05, 0) is 36.4 Å². The molecule has 0 N–H and O–H groups in total. The summed E-state index contributed by atoms with van der Waals surface area (Å²) >= 11 is 0. The molecule has 1 atom stereocenters. The van der Waals surface area contributed by atoms with Crippen LogP contribution in [0.25, 0.3) is 0 Å². The van der Waals surface area contributed by atoms with Gasteiger partial charge in [0.1, 0.15) is 5.60 Å². The fraction of sp³-hybridized carbons (Fsp3) is 0.632. The molecule has 126 valence electrons. The minimum absolute atomic E-state index is 0.164. The molecular formula is C19H28N2O2. The van der Waals surface area contributed by atoms with Gasteiger partial charge in [0.25, 0.3) is 0 Å². The second-order valence-electron chi connectivity index (χ2n) is 7.43. The maximum atomic E-state index is 11.7. The van der Waals surface area contributed by atoms with Crippen LogP contribution in [-0.4, -0.2) is 48.2 Å². The zero-order valence-electron chi connectivity index (χ0n) is 14.5. The van der Waals surface area contributed by atoms with Gasteiger partial charge in [0.15, 0.2) is 0 Å². The predicted octanol–water partition coefficient (Wildman–Crippen LogP) is 3.62. The van der Waals surface area contributed by atoms with Crippen molar-refractivity contribution in [2.24, 2.45) is 0 Å². The van der Waals surface area contributed by atoms with Gasteiger partial charge in [-0.25, -0.2) is 4.79 Å². The second kappa shape index (κ2) is 6.52. The van der Waals surface area contributed by atoms with Gasteiger partial charge in [-0.15, -0.1) is 0 Å². The number of nitrogens with zero attached hydrogens (tertiary/aromatic N) is 2. The summed E-state index contributed by atoms with van der Waals surface area (Å²) in [5, 5.41) is 0. The number of amides is 1. The minimum Gasteiger partial charge on any atom is -0.441 e. The number of likely N-dealkylation sites (N-methyl/N-ethyl adjacent to an activating group) is 1. The molecule has 0 saturated carbocycles. The molecule has 3 rings (SSSR count). The molecule has 4 nitrogen and oxygen atoms in total. The summed E-state index contributed by atoms with van der Waals surface area (Å²) in [6.07, 6.45) is 2.84. The van der Waals surface area contributed by atoms with Gasteiger partial charge < -0.3 is 9.64 Å². The number of hydrogen-bond acceptors (Lipinski definition) is 3. The van der Waals surface area contributed by atoms with E-state index in [2.05, 4.69) is 43.0 Å². The molecule has 4 heteroatoms. The van der Waals surface area contributed by atoms with Crippen molar-refractivity contribution >= 4 is 6.09 Å². The number of likely N-dealkylation sites (tertiary alicyclic amines) is 1. The van der Waals surface area contributed by atoms with Gasteiger partial charge >= 0.3 is 6.09 Å². The molecule has 2 saturated heterocycles. The van der Waals surface area contributed by atoms with Crippen LogP contribution < -0.4 is 0 Å². The molecule has 2 heterocycles. The van der Waals surface area contributed by atoms with Gasteiger partial charge in [0.2, 0.25) is 0 Å². The lowest BCUT2D eigenvalue weighted by atomic mass is 9.95. The van der Waals surface area contributed by atoms with Crippen LogP contribution >= 0.6 is 0 Å². The minimum atomic E-state index is -0.248. The van der Waals surface area contributed by atoms with Gasteiger partial charge in [-0.3, -0.25) is 4.90 Å². The van der Waals surface area contributed by atoms with Crippen LogP contribution in [0.1, 0.15) is 50.2 Å². The van der Waals surface area contributed by atoms with Crippen molar-refractivity contribution in [3.8, 4) is 0 Å². The van der Waals surface area contributed by atoms with Gasteiger partial charge in [-0.2, -0.15) is 0 Å². The number of carbonyl (C=O) groups is 1. The highest BCUT2D eigenvalue weighted by molar-refractivity contribution is 5.70. The highest BCUT2D eigenvalue weighted by Gasteiger charge is 2.44. The first-order chi connectivity index (χ1) is 11.0. The third-order valence-electron chi connectivity index (χ3n) is 5.18. The van der Waals surface area contributed by atoms with E-state index in [0.29, 0.717) is 5.92 Å². The normalized spacial score (nSPS) is 25.9. The second-order valence-corrected chi connectivity index (χ2v) is 7.43. The molecule has 1 amide bonds. The van der Waals surface area contributed by atoms with E-state index in [1.165, 1.54) is 11.1 Å². The molecule has 2 fully saturated rings. The molecule has 0 aromatic heterocycles. The maximum Gasteiger partial charge on any atom is 0.410 e. The quantitative estimate of drug-likeness (QED) is 0.854. The van der Waals surface area contributed by atoms with Crippen molar-refractivity contribution in [3.63, 3.8) is 0 Å². The van der Waals surface area contributed by atoms with Crippen LogP contribution in [0, 0.1) is 0 Å². The lowest BCUT2D eigenvalue weighted by Crippen LogP contribution is -2.35. The summed E-state index contributed by atoms with van der Waals surface area (Å²) in [5.41, 5.74) is 2.51.